The van der Waals surface area contributed by atoms with Gasteiger partial charge in [0.25, 0.3) is 0 Å². The first-order valence-corrected chi connectivity index (χ1v) is 8.63. The summed E-state index contributed by atoms with van der Waals surface area (Å²) in [5.74, 6) is 0.452. The molecule has 0 amide bonds. The molecule has 2 rings (SSSR count). The fraction of sp³-hybridized carbons (Fsp3) is 0.600. The fourth-order valence-corrected chi connectivity index (χ4v) is 3.31. The highest BCUT2D eigenvalue weighted by molar-refractivity contribution is 7.89. The summed E-state index contributed by atoms with van der Waals surface area (Å²) in [7, 11) is 1.60. The lowest BCUT2D eigenvalue weighted by atomic mass is 10.2. The lowest BCUT2D eigenvalue weighted by Gasteiger charge is -2.21. The maximum absolute atomic E-state index is 12.1. The van der Waals surface area contributed by atoms with Crippen molar-refractivity contribution >= 4 is 10.0 Å². The molecule has 0 aromatic heterocycles. The topological polar surface area (TPSA) is 60.9 Å². The van der Waals surface area contributed by atoms with Crippen LogP contribution in [0.25, 0.3) is 0 Å². The van der Waals surface area contributed by atoms with E-state index in [2.05, 4.69) is 0 Å². The number of nitrogens with zero attached hydrogens (tertiary/aromatic N) is 2. The van der Waals surface area contributed by atoms with Gasteiger partial charge in [0.1, 0.15) is 0 Å². The van der Waals surface area contributed by atoms with Crippen LogP contribution in [0.4, 0.5) is 0 Å². The second-order valence-electron chi connectivity index (χ2n) is 6.04. The minimum Gasteiger partial charge on any atom is -0.392 e. The van der Waals surface area contributed by atoms with Crippen LogP contribution < -0.4 is 0 Å². The lowest BCUT2D eigenvalue weighted by Crippen LogP contribution is -2.30. The summed E-state index contributed by atoms with van der Waals surface area (Å²) in [6.45, 7) is 1.25. The Bertz CT molecular complexity index is 582. The molecule has 1 atom stereocenters. The Labute approximate surface area is 127 Å². The summed E-state index contributed by atoms with van der Waals surface area (Å²) in [4.78, 5) is 2.34. The van der Waals surface area contributed by atoms with E-state index in [1.807, 2.05) is 18.0 Å². The van der Waals surface area contributed by atoms with E-state index in [4.69, 9.17) is 0 Å². The minimum atomic E-state index is -3.40. The van der Waals surface area contributed by atoms with Gasteiger partial charge < -0.3 is 5.11 Å². The molecule has 1 aromatic carbocycles. The van der Waals surface area contributed by atoms with E-state index < -0.39 is 10.0 Å². The smallest absolute Gasteiger partial charge is 0.242 e. The number of sulfonamides is 1. The van der Waals surface area contributed by atoms with Crippen molar-refractivity contribution in [3.05, 3.63) is 29.8 Å². The summed E-state index contributed by atoms with van der Waals surface area (Å²) >= 11 is 0. The van der Waals surface area contributed by atoms with Crippen LogP contribution in [0.3, 0.4) is 0 Å². The molecule has 0 heterocycles. The summed E-state index contributed by atoms with van der Waals surface area (Å²) < 4.78 is 25.5. The van der Waals surface area contributed by atoms with Crippen LogP contribution in [0.5, 0.6) is 0 Å². The molecule has 6 heteroatoms. The minimum absolute atomic E-state index is 0.274. The van der Waals surface area contributed by atoms with Gasteiger partial charge in [0.05, 0.1) is 11.0 Å². The van der Waals surface area contributed by atoms with E-state index in [9.17, 15) is 13.5 Å². The Hall–Kier alpha value is -0.950. The van der Waals surface area contributed by atoms with Gasteiger partial charge in [-0.15, -0.1) is 0 Å². The molecule has 1 aliphatic rings. The van der Waals surface area contributed by atoms with Crippen molar-refractivity contribution in [2.75, 3.05) is 27.7 Å². The number of aliphatic hydroxyl groups excluding tert-OH is 1. The number of aliphatic hydroxyl groups is 1. The quantitative estimate of drug-likeness (QED) is 0.820. The van der Waals surface area contributed by atoms with Gasteiger partial charge in [0, 0.05) is 27.2 Å². The van der Waals surface area contributed by atoms with Crippen molar-refractivity contribution in [1.82, 2.24) is 9.21 Å². The van der Waals surface area contributed by atoms with Gasteiger partial charge in [-0.3, -0.25) is 4.90 Å². The van der Waals surface area contributed by atoms with Crippen molar-refractivity contribution in [2.24, 2.45) is 5.92 Å². The summed E-state index contributed by atoms with van der Waals surface area (Å²) in [6, 6.07) is 6.98. The Balaban J connectivity index is 2.03. The molecule has 1 aliphatic carbocycles. The third-order valence-electron chi connectivity index (χ3n) is 3.79. The van der Waals surface area contributed by atoms with Gasteiger partial charge in [0.15, 0.2) is 0 Å². The van der Waals surface area contributed by atoms with Crippen molar-refractivity contribution in [2.45, 2.75) is 30.4 Å². The van der Waals surface area contributed by atoms with Gasteiger partial charge >= 0.3 is 0 Å². The Morgan fingerprint density at radius 2 is 1.95 bits per heavy atom. The highest BCUT2D eigenvalue weighted by Crippen LogP contribution is 2.32. The number of likely N-dealkylation sites (N-methyl/N-ethyl adjacent to an activating group) is 1. The molecule has 1 N–H and O–H groups in total. The molecular weight excluding hydrogens is 288 g/mol. The lowest BCUT2D eigenvalue weighted by molar-refractivity contribution is 0.104. The molecule has 1 unspecified atom stereocenters. The molecule has 0 spiro atoms. The molecule has 21 heavy (non-hydrogen) atoms. The molecule has 1 aromatic rings. The van der Waals surface area contributed by atoms with Crippen molar-refractivity contribution in [3.8, 4) is 0 Å². The number of benzene rings is 1. The summed E-state index contributed by atoms with van der Waals surface area (Å²) in [5, 5.41) is 9.95. The molecule has 0 saturated heterocycles. The maximum atomic E-state index is 12.1. The Kier molecular flexibility index (Phi) is 5.03. The van der Waals surface area contributed by atoms with Gasteiger partial charge in [-0.05, 0) is 43.5 Å². The average molecular weight is 312 g/mol. The SMILES string of the molecule is CN(Cc1cccc(S(=O)(=O)N(C)C)c1)CC(O)C1CC1. The number of rotatable bonds is 7. The highest BCUT2D eigenvalue weighted by atomic mass is 32.2. The van der Waals surface area contributed by atoms with Crippen LogP contribution in [0.2, 0.25) is 0 Å². The number of hydrogen-bond donors (Lipinski definition) is 1. The summed E-state index contributed by atoms with van der Waals surface area (Å²) in [5.41, 5.74) is 0.934. The normalized spacial score (nSPS) is 17.4. The van der Waals surface area contributed by atoms with Gasteiger partial charge in [-0.25, -0.2) is 12.7 Å². The third-order valence-corrected chi connectivity index (χ3v) is 5.61. The fourth-order valence-electron chi connectivity index (χ4n) is 2.34. The molecule has 0 bridgehead atoms. The second-order valence-corrected chi connectivity index (χ2v) is 8.19. The Morgan fingerprint density at radius 3 is 2.52 bits per heavy atom. The van der Waals surface area contributed by atoms with E-state index in [0.717, 1.165) is 18.4 Å². The molecule has 0 aliphatic heterocycles. The zero-order valence-electron chi connectivity index (χ0n) is 12.9. The molecule has 0 radical (unpaired) electrons. The predicted molar refractivity (Wildman–Crippen MR) is 82.4 cm³/mol. The number of hydrogen-bond acceptors (Lipinski definition) is 4. The van der Waals surface area contributed by atoms with E-state index in [1.54, 1.807) is 18.2 Å². The van der Waals surface area contributed by atoms with E-state index in [0.29, 0.717) is 23.9 Å². The van der Waals surface area contributed by atoms with Crippen LogP contribution in [-0.4, -0.2) is 56.5 Å². The largest absolute Gasteiger partial charge is 0.392 e. The molecule has 118 valence electrons. The van der Waals surface area contributed by atoms with Crippen LogP contribution in [0.1, 0.15) is 18.4 Å². The van der Waals surface area contributed by atoms with E-state index >= 15 is 0 Å². The van der Waals surface area contributed by atoms with Gasteiger partial charge in [0.2, 0.25) is 10.0 Å². The first kappa shape index (κ1) is 16.4. The monoisotopic (exact) mass is 312 g/mol. The predicted octanol–water partition coefficient (Wildman–Crippen LogP) is 1.14. The standard InChI is InChI=1S/C15H24N2O3S/c1-16(2)21(19,20)14-6-4-5-12(9-14)10-17(3)11-15(18)13-7-8-13/h4-6,9,13,15,18H,7-8,10-11H2,1-3H3. The van der Waals surface area contributed by atoms with Crippen molar-refractivity contribution in [3.63, 3.8) is 0 Å². The maximum Gasteiger partial charge on any atom is 0.242 e. The summed E-state index contributed by atoms with van der Waals surface area (Å²) in [6.07, 6.45) is 1.96. The zero-order chi connectivity index (χ0) is 15.6. The van der Waals surface area contributed by atoms with Gasteiger partial charge in [-0.2, -0.15) is 0 Å². The van der Waals surface area contributed by atoms with E-state index in [-0.39, 0.29) is 6.10 Å². The van der Waals surface area contributed by atoms with Crippen molar-refractivity contribution in [1.29, 1.82) is 0 Å². The van der Waals surface area contributed by atoms with Crippen molar-refractivity contribution < 1.29 is 13.5 Å². The van der Waals surface area contributed by atoms with Crippen LogP contribution >= 0.6 is 0 Å². The van der Waals surface area contributed by atoms with E-state index in [1.165, 1.54) is 18.4 Å². The zero-order valence-corrected chi connectivity index (χ0v) is 13.7. The first-order chi connectivity index (χ1) is 9.80. The van der Waals surface area contributed by atoms with Crippen LogP contribution in [0.15, 0.2) is 29.2 Å². The first-order valence-electron chi connectivity index (χ1n) is 7.19. The molecular formula is C15H24N2O3S. The molecule has 5 nitrogen and oxygen atoms in total. The van der Waals surface area contributed by atoms with Crippen LogP contribution in [-0.2, 0) is 16.6 Å². The van der Waals surface area contributed by atoms with Crippen LogP contribution in [0, 0.1) is 5.92 Å². The van der Waals surface area contributed by atoms with Gasteiger partial charge in [-0.1, -0.05) is 12.1 Å². The Morgan fingerprint density at radius 1 is 1.29 bits per heavy atom. The average Bonchev–Trinajstić information content (AvgIpc) is 3.22. The third kappa shape index (κ3) is 4.26. The molecule has 1 fully saturated rings. The highest BCUT2D eigenvalue weighted by Gasteiger charge is 2.30. The molecule has 1 saturated carbocycles. The second kappa shape index (κ2) is 6.44.